The van der Waals surface area contributed by atoms with E-state index in [0.29, 0.717) is 5.56 Å². The highest BCUT2D eigenvalue weighted by atomic mass is 35.5. The summed E-state index contributed by atoms with van der Waals surface area (Å²) < 4.78 is 0.833. The molecule has 0 aliphatic rings. The zero-order valence-electron chi connectivity index (χ0n) is 15.0. The number of thiocarbonyl (C=S) groups is 1. The van der Waals surface area contributed by atoms with Crippen molar-refractivity contribution in [1.82, 2.24) is 9.78 Å². The van der Waals surface area contributed by atoms with E-state index in [-0.39, 0.29) is 43.6 Å². The Balaban J connectivity index is 2.13. The summed E-state index contributed by atoms with van der Waals surface area (Å²) in [6.45, 7) is 0. The lowest BCUT2D eigenvalue weighted by Crippen LogP contribution is -2.29. The van der Waals surface area contributed by atoms with E-state index in [9.17, 15) is 25.0 Å². The molecule has 0 saturated heterocycles. The number of aromatic nitrogens is 2. The average Bonchev–Trinajstić information content (AvgIpc) is 3.04. The number of halogens is 2. The Bertz CT molecular complexity index is 1290. The second-order valence-corrected chi connectivity index (χ2v) is 7.07. The van der Waals surface area contributed by atoms with E-state index in [0.717, 1.165) is 16.8 Å². The Morgan fingerprint density at radius 2 is 1.52 bits per heavy atom. The van der Waals surface area contributed by atoms with E-state index in [2.05, 4.69) is 15.3 Å². The molecule has 0 bridgehead atoms. The molecule has 0 unspecified atom stereocenters. The molecule has 0 amide bonds. The number of nitrogens with two attached hydrogens (primary N) is 1. The van der Waals surface area contributed by atoms with Crippen molar-refractivity contribution in [3.05, 3.63) is 77.0 Å². The number of H-pyrrole nitrogens is 1. The number of nitrogens with zero attached hydrogens (tertiary/aromatic N) is 5. The lowest BCUT2D eigenvalue weighted by atomic mass is 10.1. The third-order valence-corrected chi connectivity index (χ3v) is 4.67. The maximum atomic E-state index is 12.7. The minimum Gasteiger partial charge on any atom is -0.374 e. The Morgan fingerprint density at radius 1 is 1.00 bits per heavy atom. The predicted octanol–water partition coefficient (Wildman–Crippen LogP) is 4.47. The second kappa shape index (κ2) is 8.59. The molecule has 3 N–H and O–H groups in total. The number of hydrogen-bond donors (Lipinski definition) is 2. The fraction of sp³-hybridized carbons (Fsp3) is 0. The number of azo groups is 1. The van der Waals surface area contributed by atoms with Crippen molar-refractivity contribution >= 4 is 63.3 Å². The molecule has 15 heteroatoms. The van der Waals surface area contributed by atoms with Crippen LogP contribution >= 0.6 is 35.4 Å². The maximum absolute atomic E-state index is 12.7. The summed E-state index contributed by atoms with van der Waals surface area (Å²) in [7, 11) is 0. The van der Waals surface area contributed by atoms with Gasteiger partial charge in [-0.25, -0.2) is 0 Å². The normalized spacial score (nSPS) is 11.0. The first-order chi connectivity index (χ1) is 14.6. The van der Waals surface area contributed by atoms with Crippen molar-refractivity contribution in [2.75, 3.05) is 0 Å². The first kappa shape index (κ1) is 22.0. The van der Waals surface area contributed by atoms with Gasteiger partial charge in [-0.05, 0) is 24.4 Å². The number of hydrogen-bond acceptors (Lipinski definition) is 8. The molecule has 3 aromatic rings. The standard InChI is InChI=1S/C16H9Cl2N7O5S/c17-10-5-9(25(29)30)6-11(18)13(10)20-21-14-12(22-23(15(14)26)16(19)31)7-1-3-8(4-2-7)24(27)28/h1-6,22H,(H2,19,31). The van der Waals surface area contributed by atoms with Crippen LogP contribution in [0.2, 0.25) is 10.0 Å². The monoisotopic (exact) mass is 481 g/mol. The second-order valence-electron chi connectivity index (χ2n) is 5.83. The topological polar surface area (TPSA) is 175 Å². The number of nitrogens with one attached hydrogen (secondary N) is 1. The van der Waals surface area contributed by atoms with Crippen molar-refractivity contribution in [1.29, 1.82) is 0 Å². The SMILES string of the molecule is NC(=S)n1[nH]c(-c2ccc([N+](=O)[O-])cc2)c(N=Nc2c(Cl)cc([N+](=O)[O-])cc2Cl)c1=O. The van der Waals surface area contributed by atoms with E-state index in [4.69, 9.17) is 41.2 Å². The molecule has 0 saturated carbocycles. The van der Waals surface area contributed by atoms with Crippen molar-refractivity contribution in [2.45, 2.75) is 0 Å². The van der Waals surface area contributed by atoms with E-state index < -0.39 is 15.4 Å². The van der Waals surface area contributed by atoms with E-state index in [1.54, 1.807) is 0 Å². The summed E-state index contributed by atoms with van der Waals surface area (Å²) in [5.41, 5.74) is 4.40. The van der Waals surface area contributed by atoms with Crippen LogP contribution in [0.5, 0.6) is 0 Å². The fourth-order valence-electron chi connectivity index (χ4n) is 2.48. The van der Waals surface area contributed by atoms with Gasteiger partial charge in [-0.1, -0.05) is 23.2 Å². The molecular weight excluding hydrogens is 473 g/mol. The quantitative estimate of drug-likeness (QED) is 0.233. The van der Waals surface area contributed by atoms with Gasteiger partial charge in [-0.2, -0.15) is 4.68 Å². The van der Waals surface area contributed by atoms with Gasteiger partial charge in [0.2, 0.25) is 0 Å². The molecule has 0 atom stereocenters. The van der Waals surface area contributed by atoms with Crippen LogP contribution in [0.25, 0.3) is 11.3 Å². The van der Waals surface area contributed by atoms with E-state index in [1.165, 1.54) is 24.3 Å². The van der Waals surface area contributed by atoms with Gasteiger partial charge in [-0.15, -0.1) is 10.2 Å². The predicted molar refractivity (Wildman–Crippen MR) is 117 cm³/mol. The van der Waals surface area contributed by atoms with Crippen LogP contribution in [0.15, 0.2) is 51.4 Å². The number of rotatable bonds is 5. The zero-order valence-corrected chi connectivity index (χ0v) is 17.3. The van der Waals surface area contributed by atoms with Gasteiger partial charge in [0.05, 0.1) is 25.6 Å². The number of aromatic amines is 1. The smallest absolute Gasteiger partial charge is 0.301 e. The third-order valence-electron chi connectivity index (χ3n) is 3.92. The van der Waals surface area contributed by atoms with E-state index in [1.807, 2.05) is 0 Å². The summed E-state index contributed by atoms with van der Waals surface area (Å²) in [5.74, 6) is 0. The molecule has 0 spiro atoms. The van der Waals surface area contributed by atoms with Gasteiger partial charge < -0.3 is 5.73 Å². The van der Waals surface area contributed by atoms with Crippen LogP contribution in [-0.2, 0) is 0 Å². The Labute approximate surface area is 187 Å². The van der Waals surface area contributed by atoms with Crippen molar-refractivity contribution < 1.29 is 9.85 Å². The number of nitro benzene ring substituents is 2. The van der Waals surface area contributed by atoms with Crippen molar-refractivity contribution in [3.63, 3.8) is 0 Å². The van der Waals surface area contributed by atoms with Crippen LogP contribution in [0.4, 0.5) is 22.7 Å². The largest absolute Gasteiger partial charge is 0.374 e. The van der Waals surface area contributed by atoms with Gasteiger partial charge >= 0.3 is 5.56 Å². The molecule has 12 nitrogen and oxygen atoms in total. The Kier molecular flexibility index (Phi) is 6.10. The van der Waals surface area contributed by atoms with Gasteiger partial charge in [0.25, 0.3) is 11.4 Å². The summed E-state index contributed by atoms with van der Waals surface area (Å²) in [5, 5.41) is 31.5. The molecule has 0 fully saturated rings. The minimum absolute atomic E-state index is 0.106. The fourth-order valence-corrected chi connectivity index (χ4v) is 3.16. The van der Waals surface area contributed by atoms with Gasteiger partial charge in [0.15, 0.2) is 10.8 Å². The highest BCUT2D eigenvalue weighted by molar-refractivity contribution is 7.80. The van der Waals surface area contributed by atoms with Crippen LogP contribution < -0.4 is 11.3 Å². The lowest BCUT2D eigenvalue weighted by molar-refractivity contribution is -0.385. The average molecular weight is 482 g/mol. The van der Waals surface area contributed by atoms with Crippen LogP contribution in [-0.4, -0.2) is 24.7 Å². The zero-order chi connectivity index (χ0) is 22.9. The molecule has 0 aliphatic heterocycles. The number of benzene rings is 2. The summed E-state index contributed by atoms with van der Waals surface area (Å²) in [6, 6.07) is 7.30. The molecule has 2 aromatic carbocycles. The Morgan fingerprint density at radius 3 is 2.00 bits per heavy atom. The third kappa shape index (κ3) is 4.42. The number of non-ortho nitro benzene ring substituents is 2. The maximum Gasteiger partial charge on any atom is 0.301 e. The van der Waals surface area contributed by atoms with Gasteiger partial charge in [0, 0.05) is 29.8 Å². The van der Waals surface area contributed by atoms with Gasteiger partial charge in [0.1, 0.15) is 5.69 Å². The van der Waals surface area contributed by atoms with Crippen LogP contribution in [0.1, 0.15) is 0 Å². The summed E-state index contributed by atoms with van der Waals surface area (Å²) >= 11 is 16.8. The highest BCUT2D eigenvalue weighted by Crippen LogP contribution is 2.38. The lowest BCUT2D eigenvalue weighted by Gasteiger charge is -2.01. The van der Waals surface area contributed by atoms with Crippen molar-refractivity contribution in [3.8, 4) is 11.3 Å². The summed E-state index contributed by atoms with van der Waals surface area (Å²) in [6.07, 6.45) is 0. The molecular formula is C16H9Cl2N7O5S. The van der Waals surface area contributed by atoms with Crippen LogP contribution in [0, 0.1) is 20.2 Å². The molecule has 0 radical (unpaired) electrons. The molecule has 158 valence electrons. The first-order valence-corrected chi connectivity index (χ1v) is 9.21. The van der Waals surface area contributed by atoms with Crippen molar-refractivity contribution in [2.24, 2.45) is 16.0 Å². The minimum atomic E-state index is -0.751. The molecule has 1 aromatic heterocycles. The molecule has 0 aliphatic carbocycles. The highest BCUT2D eigenvalue weighted by Gasteiger charge is 2.19. The Hall–Kier alpha value is -3.68. The molecule has 3 rings (SSSR count). The number of nitro groups is 2. The van der Waals surface area contributed by atoms with E-state index >= 15 is 0 Å². The van der Waals surface area contributed by atoms with Crippen LogP contribution in [0.3, 0.4) is 0 Å². The summed E-state index contributed by atoms with van der Waals surface area (Å²) in [4.78, 5) is 33.2. The van der Waals surface area contributed by atoms with Gasteiger partial charge in [-0.3, -0.25) is 30.1 Å². The molecule has 1 heterocycles. The first-order valence-electron chi connectivity index (χ1n) is 8.05. The molecule has 31 heavy (non-hydrogen) atoms.